The summed E-state index contributed by atoms with van der Waals surface area (Å²) in [5.74, 6) is -0.301. The van der Waals surface area contributed by atoms with Crippen LogP contribution in [0.2, 0.25) is 0 Å². The third kappa shape index (κ3) is 5.10. The Morgan fingerprint density at radius 3 is 2.74 bits per heavy atom. The number of carbonyl (C=O) groups is 2. The lowest BCUT2D eigenvalue weighted by atomic mass is 10.2. The Morgan fingerprint density at radius 1 is 1.17 bits per heavy atom. The van der Waals surface area contributed by atoms with Gasteiger partial charge in [0.2, 0.25) is 11.8 Å². The van der Waals surface area contributed by atoms with Crippen LogP contribution >= 0.6 is 0 Å². The number of nitrogens with two attached hydrogens (primary N) is 1. The molecule has 0 saturated heterocycles. The number of aromatic nitrogens is 1. The van der Waals surface area contributed by atoms with E-state index in [0.29, 0.717) is 13.1 Å². The van der Waals surface area contributed by atoms with Crippen molar-refractivity contribution in [3.05, 3.63) is 36.5 Å². The quantitative estimate of drug-likeness (QED) is 0.635. The van der Waals surface area contributed by atoms with E-state index in [2.05, 4.69) is 39.6 Å². The summed E-state index contributed by atoms with van der Waals surface area (Å²) in [5, 5.41) is 6.70. The third-order valence-corrected chi connectivity index (χ3v) is 3.64. The van der Waals surface area contributed by atoms with Crippen molar-refractivity contribution in [1.82, 2.24) is 15.2 Å². The molecule has 0 saturated carbocycles. The first kappa shape index (κ1) is 17.0. The van der Waals surface area contributed by atoms with Crippen molar-refractivity contribution in [2.24, 2.45) is 5.73 Å². The van der Waals surface area contributed by atoms with E-state index in [-0.39, 0.29) is 18.2 Å². The SMILES string of the molecule is C[C@H](N)C(=O)NCCC(=O)NCCCn1ccc2ccccc21. The molecule has 1 heterocycles. The second-order valence-corrected chi connectivity index (χ2v) is 5.60. The maximum atomic E-state index is 11.7. The average Bonchev–Trinajstić information content (AvgIpc) is 2.94. The predicted molar refractivity (Wildman–Crippen MR) is 90.8 cm³/mol. The summed E-state index contributed by atoms with van der Waals surface area (Å²) in [5.41, 5.74) is 6.63. The van der Waals surface area contributed by atoms with Gasteiger partial charge in [-0.15, -0.1) is 0 Å². The first-order valence-corrected chi connectivity index (χ1v) is 7.92. The number of benzene rings is 1. The normalized spacial score (nSPS) is 12.1. The molecule has 1 aromatic heterocycles. The number of aryl methyl sites for hydroxylation is 1. The van der Waals surface area contributed by atoms with Crippen molar-refractivity contribution >= 4 is 22.7 Å². The van der Waals surface area contributed by atoms with Crippen LogP contribution in [-0.2, 0) is 16.1 Å². The summed E-state index contributed by atoms with van der Waals surface area (Å²) < 4.78 is 2.18. The molecule has 0 radical (unpaired) electrons. The van der Waals surface area contributed by atoms with Crippen LogP contribution in [0, 0.1) is 0 Å². The van der Waals surface area contributed by atoms with E-state index >= 15 is 0 Å². The van der Waals surface area contributed by atoms with E-state index in [1.807, 2.05) is 12.1 Å². The molecule has 0 fully saturated rings. The molecular formula is C17H24N4O2. The van der Waals surface area contributed by atoms with Gasteiger partial charge < -0.3 is 20.9 Å². The summed E-state index contributed by atoms with van der Waals surface area (Å²) in [6.45, 7) is 3.40. The van der Waals surface area contributed by atoms with Gasteiger partial charge in [0.25, 0.3) is 0 Å². The molecule has 2 amide bonds. The zero-order chi connectivity index (χ0) is 16.7. The fourth-order valence-corrected chi connectivity index (χ4v) is 2.36. The molecule has 0 aliphatic heterocycles. The zero-order valence-corrected chi connectivity index (χ0v) is 13.4. The van der Waals surface area contributed by atoms with Crippen molar-refractivity contribution in [2.75, 3.05) is 13.1 Å². The maximum absolute atomic E-state index is 11.7. The van der Waals surface area contributed by atoms with Gasteiger partial charge in [0.15, 0.2) is 0 Å². The van der Waals surface area contributed by atoms with Crippen LogP contribution in [0.3, 0.4) is 0 Å². The molecule has 2 rings (SSSR count). The van der Waals surface area contributed by atoms with E-state index in [1.165, 1.54) is 10.9 Å². The van der Waals surface area contributed by atoms with Gasteiger partial charge >= 0.3 is 0 Å². The van der Waals surface area contributed by atoms with Gasteiger partial charge in [0.1, 0.15) is 0 Å². The summed E-state index contributed by atoms with van der Waals surface area (Å²) >= 11 is 0. The molecule has 0 unspecified atom stereocenters. The zero-order valence-electron chi connectivity index (χ0n) is 13.4. The van der Waals surface area contributed by atoms with E-state index in [9.17, 15) is 9.59 Å². The molecule has 0 aliphatic carbocycles. The highest BCUT2D eigenvalue weighted by atomic mass is 16.2. The molecular weight excluding hydrogens is 292 g/mol. The lowest BCUT2D eigenvalue weighted by Crippen LogP contribution is -2.40. The largest absolute Gasteiger partial charge is 0.356 e. The van der Waals surface area contributed by atoms with E-state index in [4.69, 9.17) is 5.73 Å². The van der Waals surface area contributed by atoms with Crippen molar-refractivity contribution in [2.45, 2.75) is 32.4 Å². The predicted octanol–water partition coefficient (Wildman–Crippen LogP) is 1.00. The molecule has 124 valence electrons. The topological polar surface area (TPSA) is 89.2 Å². The van der Waals surface area contributed by atoms with Crippen LogP contribution in [0.4, 0.5) is 0 Å². The number of carbonyl (C=O) groups excluding carboxylic acids is 2. The number of nitrogens with one attached hydrogen (secondary N) is 2. The summed E-state index contributed by atoms with van der Waals surface area (Å²) in [6, 6.07) is 9.77. The number of rotatable bonds is 8. The minimum Gasteiger partial charge on any atom is -0.356 e. The van der Waals surface area contributed by atoms with E-state index in [0.717, 1.165) is 13.0 Å². The maximum Gasteiger partial charge on any atom is 0.236 e. The number of hydrogen-bond donors (Lipinski definition) is 3. The third-order valence-electron chi connectivity index (χ3n) is 3.64. The fraction of sp³-hybridized carbons (Fsp3) is 0.412. The second kappa shape index (κ2) is 8.33. The van der Waals surface area contributed by atoms with Crippen LogP contribution in [0.25, 0.3) is 10.9 Å². The molecule has 2 aromatic rings. The first-order valence-electron chi connectivity index (χ1n) is 7.92. The smallest absolute Gasteiger partial charge is 0.236 e. The molecule has 0 aliphatic rings. The Hall–Kier alpha value is -2.34. The Morgan fingerprint density at radius 2 is 1.96 bits per heavy atom. The van der Waals surface area contributed by atoms with Crippen LogP contribution in [0.15, 0.2) is 36.5 Å². The first-order chi connectivity index (χ1) is 11.1. The fourth-order valence-electron chi connectivity index (χ4n) is 2.36. The van der Waals surface area contributed by atoms with Gasteiger partial charge in [0, 0.05) is 37.8 Å². The molecule has 1 atom stereocenters. The van der Waals surface area contributed by atoms with Crippen LogP contribution in [0.1, 0.15) is 19.8 Å². The summed E-state index contributed by atoms with van der Waals surface area (Å²) in [6.07, 6.45) is 3.19. The van der Waals surface area contributed by atoms with E-state index < -0.39 is 6.04 Å². The molecule has 6 nitrogen and oxygen atoms in total. The Balaban J connectivity index is 1.63. The number of para-hydroxylation sites is 1. The van der Waals surface area contributed by atoms with Gasteiger partial charge in [-0.3, -0.25) is 9.59 Å². The molecule has 6 heteroatoms. The van der Waals surface area contributed by atoms with Crippen molar-refractivity contribution < 1.29 is 9.59 Å². The molecule has 4 N–H and O–H groups in total. The van der Waals surface area contributed by atoms with Gasteiger partial charge in [0.05, 0.1) is 6.04 Å². The molecule has 1 aromatic carbocycles. The van der Waals surface area contributed by atoms with Gasteiger partial charge in [-0.2, -0.15) is 0 Å². The summed E-state index contributed by atoms with van der Waals surface area (Å²) in [7, 11) is 0. The van der Waals surface area contributed by atoms with E-state index in [1.54, 1.807) is 6.92 Å². The second-order valence-electron chi connectivity index (χ2n) is 5.60. The minimum atomic E-state index is -0.547. The molecule has 23 heavy (non-hydrogen) atoms. The lowest BCUT2D eigenvalue weighted by molar-refractivity contribution is -0.122. The number of fused-ring (bicyclic) bond motifs is 1. The molecule has 0 spiro atoms. The van der Waals surface area contributed by atoms with Crippen molar-refractivity contribution in [1.29, 1.82) is 0 Å². The Bertz CT molecular complexity index is 663. The minimum absolute atomic E-state index is 0.0626. The van der Waals surface area contributed by atoms with Crippen LogP contribution < -0.4 is 16.4 Å². The highest BCUT2D eigenvalue weighted by molar-refractivity contribution is 5.82. The van der Waals surface area contributed by atoms with Crippen molar-refractivity contribution in [3.8, 4) is 0 Å². The summed E-state index contributed by atoms with van der Waals surface area (Å²) in [4.78, 5) is 22.9. The highest BCUT2D eigenvalue weighted by Crippen LogP contribution is 2.15. The van der Waals surface area contributed by atoms with Crippen LogP contribution in [0.5, 0.6) is 0 Å². The average molecular weight is 316 g/mol. The Labute approximate surface area is 136 Å². The number of amides is 2. The van der Waals surface area contributed by atoms with Gasteiger partial charge in [-0.25, -0.2) is 0 Å². The van der Waals surface area contributed by atoms with Crippen molar-refractivity contribution in [3.63, 3.8) is 0 Å². The van der Waals surface area contributed by atoms with Crippen LogP contribution in [-0.4, -0.2) is 35.5 Å². The number of nitrogens with zero attached hydrogens (tertiary/aromatic N) is 1. The van der Waals surface area contributed by atoms with Gasteiger partial charge in [-0.05, 0) is 30.9 Å². The standard InChI is InChI=1S/C17H24N4O2/c1-13(18)17(23)20-10-7-16(22)19-9-4-11-21-12-8-14-5-2-3-6-15(14)21/h2-3,5-6,8,12-13H,4,7,9-11,18H2,1H3,(H,19,22)(H,20,23)/t13-/m0/s1. The highest BCUT2D eigenvalue weighted by Gasteiger charge is 2.07. The monoisotopic (exact) mass is 316 g/mol. The lowest BCUT2D eigenvalue weighted by Gasteiger charge is -2.09. The number of hydrogen-bond acceptors (Lipinski definition) is 3. The Kier molecular flexibility index (Phi) is 6.17. The molecule has 0 bridgehead atoms. The van der Waals surface area contributed by atoms with Gasteiger partial charge in [-0.1, -0.05) is 18.2 Å².